The van der Waals surface area contributed by atoms with E-state index in [1.54, 1.807) is 6.20 Å². The van der Waals surface area contributed by atoms with E-state index in [0.717, 1.165) is 23.6 Å². The highest BCUT2D eigenvalue weighted by molar-refractivity contribution is 5.47. The molecule has 3 heteroatoms. The molecule has 0 aromatic carbocycles. The van der Waals surface area contributed by atoms with Crippen molar-refractivity contribution in [2.45, 2.75) is 20.4 Å². The summed E-state index contributed by atoms with van der Waals surface area (Å²) in [5.41, 5.74) is 4.37. The maximum absolute atomic E-state index is 4.26. The van der Waals surface area contributed by atoms with E-state index in [4.69, 9.17) is 0 Å². The Morgan fingerprint density at radius 1 is 1.00 bits per heavy atom. The normalized spacial score (nSPS) is 10.1. The number of aryl methyl sites for hydroxylation is 2. The van der Waals surface area contributed by atoms with Gasteiger partial charge in [-0.05, 0) is 37.6 Å². The number of aromatic nitrogens is 2. The van der Waals surface area contributed by atoms with Crippen molar-refractivity contribution in [2.24, 2.45) is 0 Å². The lowest BCUT2D eigenvalue weighted by Crippen LogP contribution is -2.04. The fourth-order valence-electron chi connectivity index (χ4n) is 1.57. The first-order valence-electron chi connectivity index (χ1n) is 5.33. The number of pyridine rings is 2. The largest absolute Gasteiger partial charge is 0.379 e. The average Bonchev–Trinajstić information content (AvgIpc) is 2.30. The smallest absolute Gasteiger partial charge is 0.0603 e. The molecule has 0 unspecified atom stereocenters. The molecule has 0 amide bonds. The van der Waals surface area contributed by atoms with Gasteiger partial charge >= 0.3 is 0 Å². The molecular formula is C13H15N3. The van der Waals surface area contributed by atoms with Crippen LogP contribution in [-0.4, -0.2) is 9.97 Å². The van der Waals surface area contributed by atoms with Crippen LogP contribution in [0, 0.1) is 13.8 Å². The van der Waals surface area contributed by atoms with Crippen LogP contribution >= 0.6 is 0 Å². The van der Waals surface area contributed by atoms with Crippen LogP contribution in [0.25, 0.3) is 0 Å². The van der Waals surface area contributed by atoms with Crippen LogP contribution < -0.4 is 5.32 Å². The number of hydrogen-bond donors (Lipinski definition) is 1. The Bertz CT molecular complexity index is 435. The highest BCUT2D eigenvalue weighted by Gasteiger charge is 2.00. The number of nitrogens with zero attached hydrogens (tertiary/aromatic N) is 2. The monoisotopic (exact) mass is 213 g/mol. The molecule has 0 spiro atoms. The molecule has 3 nitrogen and oxygen atoms in total. The minimum absolute atomic E-state index is 0.784. The quantitative estimate of drug-likeness (QED) is 0.851. The first kappa shape index (κ1) is 10.6. The molecule has 0 bridgehead atoms. The summed E-state index contributed by atoms with van der Waals surface area (Å²) in [5, 5.41) is 3.37. The lowest BCUT2D eigenvalue weighted by molar-refractivity contribution is 1.04. The molecule has 2 aromatic heterocycles. The zero-order chi connectivity index (χ0) is 11.4. The molecule has 0 aliphatic rings. The molecule has 0 aliphatic heterocycles. The van der Waals surface area contributed by atoms with Gasteiger partial charge in [-0.3, -0.25) is 9.97 Å². The Morgan fingerprint density at radius 3 is 2.38 bits per heavy atom. The van der Waals surface area contributed by atoms with Crippen molar-refractivity contribution in [2.75, 3.05) is 5.32 Å². The first-order valence-corrected chi connectivity index (χ1v) is 5.33. The molecule has 0 radical (unpaired) electrons. The second kappa shape index (κ2) is 4.75. The summed E-state index contributed by atoms with van der Waals surface area (Å²) >= 11 is 0. The van der Waals surface area contributed by atoms with Gasteiger partial charge in [-0.25, -0.2) is 0 Å². The molecule has 2 rings (SSSR count). The van der Waals surface area contributed by atoms with Crippen molar-refractivity contribution in [3.63, 3.8) is 0 Å². The molecule has 0 saturated heterocycles. The molecule has 0 saturated carbocycles. The highest BCUT2D eigenvalue weighted by Crippen LogP contribution is 2.13. The molecule has 0 atom stereocenters. The minimum atomic E-state index is 0.784. The second-order valence-corrected chi connectivity index (χ2v) is 3.74. The lowest BCUT2D eigenvalue weighted by Gasteiger charge is -2.09. The van der Waals surface area contributed by atoms with E-state index >= 15 is 0 Å². The highest BCUT2D eigenvalue weighted by atomic mass is 14.9. The summed E-state index contributed by atoms with van der Waals surface area (Å²) < 4.78 is 0. The van der Waals surface area contributed by atoms with Crippen LogP contribution in [0.2, 0.25) is 0 Å². The van der Waals surface area contributed by atoms with Gasteiger partial charge in [0.05, 0.1) is 11.4 Å². The van der Waals surface area contributed by atoms with Crippen molar-refractivity contribution < 1.29 is 0 Å². The Balaban J connectivity index is 2.09. The van der Waals surface area contributed by atoms with Crippen molar-refractivity contribution in [3.05, 3.63) is 53.6 Å². The molecule has 82 valence electrons. The Hall–Kier alpha value is -1.90. The molecule has 16 heavy (non-hydrogen) atoms. The summed E-state index contributed by atoms with van der Waals surface area (Å²) in [5.74, 6) is 0. The van der Waals surface area contributed by atoms with Crippen molar-refractivity contribution >= 4 is 5.69 Å². The molecule has 1 N–H and O–H groups in total. The van der Waals surface area contributed by atoms with Gasteiger partial charge in [-0.2, -0.15) is 0 Å². The van der Waals surface area contributed by atoms with Gasteiger partial charge in [0.25, 0.3) is 0 Å². The van der Waals surface area contributed by atoms with Gasteiger partial charge in [-0.15, -0.1) is 0 Å². The predicted octanol–water partition coefficient (Wildman–Crippen LogP) is 2.71. The second-order valence-electron chi connectivity index (χ2n) is 3.74. The summed E-state index contributed by atoms with van der Waals surface area (Å²) in [6.07, 6.45) is 3.62. The standard InChI is InChI=1S/C13H15N3/c1-10-12(5-3-7-14-10)9-16-13-6-4-8-15-11(13)2/h3-8,16H,9H2,1-2H3. The zero-order valence-corrected chi connectivity index (χ0v) is 9.57. The summed E-state index contributed by atoms with van der Waals surface area (Å²) in [7, 11) is 0. The lowest BCUT2D eigenvalue weighted by atomic mass is 10.2. The number of hydrogen-bond acceptors (Lipinski definition) is 3. The number of nitrogens with one attached hydrogen (secondary N) is 1. The maximum Gasteiger partial charge on any atom is 0.0603 e. The molecular weight excluding hydrogens is 198 g/mol. The molecule has 0 aliphatic carbocycles. The Morgan fingerprint density at radius 2 is 1.69 bits per heavy atom. The van der Waals surface area contributed by atoms with E-state index in [1.165, 1.54) is 5.56 Å². The van der Waals surface area contributed by atoms with Gasteiger partial charge in [0, 0.05) is 24.6 Å². The fraction of sp³-hybridized carbons (Fsp3) is 0.231. The van der Waals surface area contributed by atoms with Crippen molar-refractivity contribution in [3.8, 4) is 0 Å². The van der Waals surface area contributed by atoms with E-state index in [2.05, 4.69) is 21.4 Å². The van der Waals surface area contributed by atoms with E-state index in [1.807, 2.05) is 38.2 Å². The molecule has 0 fully saturated rings. The van der Waals surface area contributed by atoms with E-state index in [9.17, 15) is 0 Å². The van der Waals surface area contributed by atoms with Crippen molar-refractivity contribution in [1.29, 1.82) is 0 Å². The third-order valence-electron chi connectivity index (χ3n) is 2.59. The topological polar surface area (TPSA) is 37.8 Å². The average molecular weight is 213 g/mol. The van der Waals surface area contributed by atoms with E-state index in [-0.39, 0.29) is 0 Å². The minimum Gasteiger partial charge on any atom is -0.379 e. The first-order chi connectivity index (χ1) is 7.77. The predicted molar refractivity (Wildman–Crippen MR) is 65.3 cm³/mol. The van der Waals surface area contributed by atoms with E-state index in [0.29, 0.717) is 0 Å². The maximum atomic E-state index is 4.26. The number of rotatable bonds is 3. The van der Waals surface area contributed by atoms with E-state index < -0.39 is 0 Å². The van der Waals surface area contributed by atoms with Gasteiger partial charge in [-0.1, -0.05) is 6.07 Å². The summed E-state index contributed by atoms with van der Waals surface area (Å²) in [6.45, 7) is 4.80. The van der Waals surface area contributed by atoms with Gasteiger partial charge in [0.1, 0.15) is 0 Å². The van der Waals surface area contributed by atoms with Crippen LogP contribution in [0.1, 0.15) is 17.0 Å². The molecule has 2 aromatic rings. The van der Waals surface area contributed by atoms with Crippen LogP contribution in [0.4, 0.5) is 5.69 Å². The van der Waals surface area contributed by atoms with Gasteiger partial charge in [0.15, 0.2) is 0 Å². The van der Waals surface area contributed by atoms with Crippen LogP contribution in [-0.2, 0) is 6.54 Å². The summed E-state index contributed by atoms with van der Waals surface area (Å²) in [4.78, 5) is 8.49. The Kier molecular flexibility index (Phi) is 3.15. The SMILES string of the molecule is Cc1ncccc1CNc1cccnc1C. The van der Waals surface area contributed by atoms with Crippen LogP contribution in [0.3, 0.4) is 0 Å². The molecule has 2 heterocycles. The summed E-state index contributed by atoms with van der Waals surface area (Å²) in [6, 6.07) is 8.01. The Labute approximate surface area is 95.6 Å². The van der Waals surface area contributed by atoms with Crippen LogP contribution in [0.15, 0.2) is 36.7 Å². The zero-order valence-electron chi connectivity index (χ0n) is 9.57. The fourth-order valence-corrected chi connectivity index (χ4v) is 1.57. The van der Waals surface area contributed by atoms with Gasteiger partial charge < -0.3 is 5.32 Å². The van der Waals surface area contributed by atoms with Gasteiger partial charge in [0.2, 0.25) is 0 Å². The van der Waals surface area contributed by atoms with Crippen LogP contribution in [0.5, 0.6) is 0 Å². The van der Waals surface area contributed by atoms with Crippen molar-refractivity contribution in [1.82, 2.24) is 9.97 Å². The third kappa shape index (κ3) is 2.37. The third-order valence-corrected chi connectivity index (χ3v) is 2.59. The number of anilines is 1.